The van der Waals surface area contributed by atoms with Crippen molar-refractivity contribution in [3.63, 3.8) is 0 Å². The van der Waals surface area contributed by atoms with Crippen LogP contribution >= 0.6 is 23.5 Å². The molecule has 14 heteroatoms. The summed E-state index contributed by atoms with van der Waals surface area (Å²) < 4.78 is 4.64. The number of nitrogen functional groups attached to an aromatic ring is 1. The third-order valence-electron chi connectivity index (χ3n) is 5.48. The van der Waals surface area contributed by atoms with Gasteiger partial charge in [0.05, 0.1) is 20.0 Å². The van der Waals surface area contributed by atoms with Crippen molar-refractivity contribution < 1.29 is 29.0 Å². The molecular formula is C21H22N6O6S2. The zero-order valence-electron chi connectivity index (χ0n) is 18.5. The molecule has 5 N–H and O–H groups in total. The second-order valence-electron chi connectivity index (χ2n) is 7.70. The number of nitrogens with one attached hydrogen (secondary N) is 2. The molecule has 2 aromatic rings. The number of β-lactam (4-membered cyclic amide) rings is 1. The first-order valence-electron chi connectivity index (χ1n) is 10.4. The van der Waals surface area contributed by atoms with E-state index in [9.17, 15) is 24.3 Å². The van der Waals surface area contributed by atoms with Gasteiger partial charge in [-0.25, -0.2) is 4.79 Å². The van der Waals surface area contributed by atoms with Crippen LogP contribution in [-0.2, 0) is 36.8 Å². The van der Waals surface area contributed by atoms with Crippen LogP contribution in [0.15, 0.2) is 40.6 Å². The number of carboxylic acids is 1. The van der Waals surface area contributed by atoms with Gasteiger partial charge in [0.25, 0.3) is 5.91 Å². The largest absolute Gasteiger partial charge is 0.477 e. The number of fused-ring (bicyclic) bond motifs is 1. The van der Waals surface area contributed by atoms with Crippen LogP contribution < -0.4 is 11.1 Å². The smallest absolute Gasteiger partial charge is 0.352 e. The van der Waals surface area contributed by atoms with Crippen molar-refractivity contribution in [2.75, 3.05) is 24.3 Å². The van der Waals surface area contributed by atoms with Gasteiger partial charge in [0.15, 0.2) is 0 Å². The standard InChI is InChI=1S/C21H22N6O6S2/c1-33-15(29)7-13-18(25-26-24-13)34-8-11-9-35-20-16(19(30)27(20)17(11)21(31)32)23-14(28)6-10-4-2-3-5-12(10)22/h2-5,16,20H,6-9,22H2,1H3,(H,23,28)(H,31,32)(H,24,25,26)/t16?,20-/m1/s1. The Bertz CT molecular complexity index is 1210. The molecule has 2 atom stereocenters. The Kier molecular flexibility index (Phi) is 7.31. The number of aromatic nitrogens is 3. The van der Waals surface area contributed by atoms with Crippen molar-refractivity contribution in [1.82, 2.24) is 25.6 Å². The van der Waals surface area contributed by atoms with Crippen molar-refractivity contribution in [3.05, 3.63) is 46.8 Å². The maximum atomic E-state index is 12.8. The zero-order valence-corrected chi connectivity index (χ0v) is 20.1. The number of H-pyrrole nitrogens is 1. The van der Waals surface area contributed by atoms with Gasteiger partial charge >= 0.3 is 11.9 Å². The van der Waals surface area contributed by atoms with Crippen LogP contribution in [0.3, 0.4) is 0 Å². The predicted octanol–water partition coefficient (Wildman–Crippen LogP) is 0.176. The van der Waals surface area contributed by atoms with Crippen LogP contribution in [-0.4, -0.2) is 79.2 Å². The Morgan fingerprint density at radius 2 is 2.09 bits per heavy atom. The van der Waals surface area contributed by atoms with Gasteiger partial charge in [0.2, 0.25) is 5.91 Å². The number of anilines is 1. The zero-order chi connectivity index (χ0) is 25.1. The van der Waals surface area contributed by atoms with Gasteiger partial charge in [0, 0.05) is 17.2 Å². The fourth-order valence-electron chi connectivity index (χ4n) is 3.73. The predicted molar refractivity (Wildman–Crippen MR) is 127 cm³/mol. The maximum absolute atomic E-state index is 12.8. The molecule has 1 aromatic carbocycles. The lowest BCUT2D eigenvalue weighted by atomic mass is 10.0. The van der Waals surface area contributed by atoms with Crippen LogP contribution in [0, 0.1) is 0 Å². The molecule has 0 saturated carbocycles. The molecule has 2 aliphatic rings. The van der Waals surface area contributed by atoms with Gasteiger partial charge in [0.1, 0.15) is 27.8 Å². The molecule has 2 aliphatic heterocycles. The summed E-state index contributed by atoms with van der Waals surface area (Å²) in [4.78, 5) is 50.2. The van der Waals surface area contributed by atoms with Crippen molar-refractivity contribution in [1.29, 1.82) is 0 Å². The van der Waals surface area contributed by atoms with Crippen molar-refractivity contribution in [2.45, 2.75) is 29.3 Å². The van der Waals surface area contributed by atoms with Crippen molar-refractivity contribution in [3.8, 4) is 0 Å². The topological polar surface area (TPSA) is 181 Å². The highest BCUT2D eigenvalue weighted by Gasteiger charge is 2.54. The second kappa shape index (κ2) is 10.4. The SMILES string of the molecule is COC(=O)Cc1n[nH]nc1SCC1=C(C(=O)O)N2C(=O)C(NC(=O)Cc3ccccc3N)[C@H]2SC1. The van der Waals surface area contributed by atoms with Gasteiger partial charge < -0.3 is 20.9 Å². The minimum Gasteiger partial charge on any atom is -0.477 e. The molecule has 0 radical (unpaired) electrons. The normalized spacial score (nSPS) is 19.1. The molecule has 0 bridgehead atoms. The Morgan fingerprint density at radius 3 is 2.80 bits per heavy atom. The van der Waals surface area contributed by atoms with E-state index in [0.717, 1.165) is 0 Å². The number of hydrogen-bond acceptors (Lipinski definition) is 10. The molecule has 0 spiro atoms. The highest BCUT2D eigenvalue weighted by molar-refractivity contribution is 8.01. The lowest BCUT2D eigenvalue weighted by Crippen LogP contribution is -2.70. The first-order valence-corrected chi connectivity index (χ1v) is 12.5. The van der Waals surface area contributed by atoms with Gasteiger partial charge in [-0.2, -0.15) is 10.3 Å². The third kappa shape index (κ3) is 5.12. The summed E-state index contributed by atoms with van der Waals surface area (Å²) in [7, 11) is 1.27. The number of benzene rings is 1. The summed E-state index contributed by atoms with van der Waals surface area (Å²) in [5.41, 5.74) is 7.84. The molecule has 4 rings (SSSR count). The van der Waals surface area contributed by atoms with E-state index in [-0.39, 0.29) is 30.2 Å². The quantitative estimate of drug-likeness (QED) is 0.154. The number of thioether (sulfide) groups is 2. The summed E-state index contributed by atoms with van der Waals surface area (Å²) in [5, 5.41) is 22.9. The Balaban J connectivity index is 1.43. The molecule has 12 nitrogen and oxygen atoms in total. The molecule has 1 aromatic heterocycles. The van der Waals surface area contributed by atoms with Gasteiger partial charge in [-0.3, -0.25) is 19.3 Å². The number of aliphatic carboxylic acids is 1. The number of para-hydroxylation sites is 1. The number of nitrogens with two attached hydrogens (primary N) is 1. The highest BCUT2D eigenvalue weighted by Crippen LogP contribution is 2.41. The molecule has 184 valence electrons. The van der Waals surface area contributed by atoms with E-state index in [4.69, 9.17) is 5.73 Å². The average Bonchev–Trinajstić information content (AvgIpc) is 3.28. The fourth-order valence-corrected chi connectivity index (χ4v) is 6.14. The van der Waals surface area contributed by atoms with Crippen LogP contribution in [0.4, 0.5) is 5.69 Å². The van der Waals surface area contributed by atoms with E-state index in [1.165, 1.54) is 35.5 Å². The number of aromatic amines is 1. The summed E-state index contributed by atoms with van der Waals surface area (Å²) >= 11 is 2.58. The molecule has 1 unspecified atom stereocenters. The van der Waals surface area contributed by atoms with Gasteiger partial charge in [-0.1, -0.05) is 30.0 Å². The van der Waals surface area contributed by atoms with Crippen molar-refractivity contribution >= 4 is 53.0 Å². The molecule has 1 saturated heterocycles. The number of hydrogen-bond donors (Lipinski definition) is 4. The lowest BCUT2D eigenvalue weighted by Gasteiger charge is -2.49. The summed E-state index contributed by atoms with van der Waals surface area (Å²) in [5.74, 6) is -1.97. The minimum absolute atomic E-state index is 0.0168. The Hall–Kier alpha value is -3.52. The van der Waals surface area contributed by atoms with Crippen LogP contribution in [0.2, 0.25) is 0 Å². The summed E-state index contributed by atoms with van der Waals surface area (Å²) in [6.45, 7) is 0. The van der Waals surface area contributed by atoms with Crippen LogP contribution in [0.25, 0.3) is 0 Å². The van der Waals surface area contributed by atoms with E-state index in [2.05, 4.69) is 25.5 Å². The minimum atomic E-state index is -1.23. The molecule has 2 amide bonds. The highest BCUT2D eigenvalue weighted by atomic mass is 32.2. The van der Waals surface area contributed by atoms with E-state index in [1.807, 2.05) is 0 Å². The van der Waals surface area contributed by atoms with E-state index in [0.29, 0.717) is 33.3 Å². The summed E-state index contributed by atoms with van der Waals surface area (Å²) in [6, 6.07) is 6.15. The number of rotatable bonds is 9. The molecule has 1 fully saturated rings. The molecule has 0 aliphatic carbocycles. The number of amides is 2. The molecule has 3 heterocycles. The van der Waals surface area contributed by atoms with Crippen LogP contribution in [0.5, 0.6) is 0 Å². The van der Waals surface area contributed by atoms with Gasteiger partial charge in [-0.15, -0.1) is 16.9 Å². The lowest BCUT2D eigenvalue weighted by molar-refractivity contribution is -0.150. The number of esters is 1. The number of carboxylic acid groups (broad SMARTS) is 1. The van der Waals surface area contributed by atoms with Gasteiger partial charge in [-0.05, 0) is 17.2 Å². The number of carbonyl (C=O) groups excluding carboxylic acids is 3. The monoisotopic (exact) mass is 518 g/mol. The maximum Gasteiger partial charge on any atom is 0.352 e. The van der Waals surface area contributed by atoms with E-state index >= 15 is 0 Å². The molecular weight excluding hydrogens is 496 g/mol. The Morgan fingerprint density at radius 1 is 1.31 bits per heavy atom. The number of carbonyl (C=O) groups is 4. The fraction of sp³-hybridized carbons (Fsp3) is 0.333. The van der Waals surface area contributed by atoms with E-state index in [1.54, 1.807) is 24.3 Å². The molecule has 35 heavy (non-hydrogen) atoms. The van der Waals surface area contributed by atoms with Crippen LogP contribution in [0.1, 0.15) is 11.3 Å². The number of ether oxygens (including phenoxy) is 1. The average molecular weight is 519 g/mol. The third-order valence-corrected chi connectivity index (χ3v) is 7.91. The van der Waals surface area contributed by atoms with E-state index < -0.39 is 29.3 Å². The van der Waals surface area contributed by atoms with Crippen molar-refractivity contribution in [2.24, 2.45) is 0 Å². The second-order valence-corrected chi connectivity index (χ2v) is 9.77. The number of methoxy groups -OCH3 is 1. The Labute approximate surface area is 208 Å². The first-order chi connectivity index (χ1) is 16.8. The summed E-state index contributed by atoms with van der Waals surface area (Å²) in [6.07, 6.45) is -0.0550. The first kappa shape index (κ1) is 24.6. The number of nitrogens with zero attached hydrogens (tertiary/aromatic N) is 3.